The van der Waals surface area contributed by atoms with E-state index in [9.17, 15) is 0 Å². The van der Waals surface area contributed by atoms with E-state index in [2.05, 4.69) is 266 Å². The van der Waals surface area contributed by atoms with Crippen LogP contribution in [0.4, 0.5) is 34.1 Å². The molecule has 2 heterocycles. The van der Waals surface area contributed by atoms with Crippen molar-refractivity contribution in [1.82, 2.24) is 0 Å². The predicted molar refractivity (Wildman–Crippen MR) is 335 cm³/mol. The minimum absolute atomic E-state index is 0.00924. The molecule has 3 heteroatoms. The van der Waals surface area contributed by atoms with Crippen molar-refractivity contribution in [1.29, 1.82) is 0 Å². The predicted octanol–water partition coefficient (Wildman–Crippen LogP) is 19.1. The van der Waals surface area contributed by atoms with E-state index in [0.29, 0.717) is 0 Å². The van der Waals surface area contributed by atoms with Crippen LogP contribution in [-0.2, 0) is 30.1 Å². The number of anilines is 6. The van der Waals surface area contributed by atoms with Gasteiger partial charge in [-0.25, -0.2) is 0 Å². The van der Waals surface area contributed by atoms with Crippen LogP contribution in [0.25, 0.3) is 44.5 Å². The van der Waals surface area contributed by atoms with Crippen LogP contribution in [0.15, 0.2) is 194 Å². The smallest absolute Gasteiger partial charge is 0.252 e. The van der Waals surface area contributed by atoms with E-state index >= 15 is 0 Å². The average molecular weight is 1010 g/mol. The molecule has 0 aliphatic carbocycles. The molecular formula is C74H77BN2. The molecule has 2 aliphatic rings. The minimum atomic E-state index is -0.100. The second-order valence-corrected chi connectivity index (χ2v) is 24.0. The molecule has 77 heavy (non-hydrogen) atoms. The highest BCUT2D eigenvalue weighted by molar-refractivity contribution is 7.00. The van der Waals surface area contributed by atoms with Crippen molar-refractivity contribution in [3.8, 4) is 44.5 Å². The zero-order valence-corrected chi connectivity index (χ0v) is 47.3. The first-order valence-corrected chi connectivity index (χ1v) is 29.0. The summed E-state index contributed by atoms with van der Waals surface area (Å²) in [6, 6.07) is 75.4. The first-order chi connectivity index (χ1) is 37.4. The molecule has 2 aliphatic heterocycles. The highest BCUT2D eigenvalue weighted by Gasteiger charge is 2.45. The minimum Gasteiger partial charge on any atom is -0.310 e. The molecule has 0 bridgehead atoms. The topological polar surface area (TPSA) is 6.48 Å². The van der Waals surface area contributed by atoms with Crippen LogP contribution in [-0.4, -0.2) is 6.71 Å². The number of aryl methyl sites for hydroxylation is 3. The number of fused-ring (bicyclic) bond motifs is 4. The van der Waals surface area contributed by atoms with Gasteiger partial charge < -0.3 is 9.80 Å². The summed E-state index contributed by atoms with van der Waals surface area (Å²) >= 11 is 0. The zero-order chi connectivity index (χ0) is 53.4. The third-order valence-corrected chi connectivity index (χ3v) is 16.5. The summed E-state index contributed by atoms with van der Waals surface area (Å²) in [7, 11) is 0. The number of para-hydroxylation sites is 1. The van der Waals surface area contributed by atoms with Gasteiger partial charge in [0.2, 0.25) is 0 Å². The molecule has 0 saturated carbocycles. The Morgan fingerprint density at radius 2 is 0.714 bits per heavy atom. The molecule has 2 nitrogen and oxygen atoms in total. The molecule has 9 aromatic rings. The van der Waals surface area contributed by atoms with Crippen LogP contribution in [0.2, 0.25) is 0 Å². The van der Waals surface area contributed by atoms with Gasteiger partial charge in [0.05, 0.1) is 11.4 Å². The number of hydrogen-bond acceptors (Lipinski definition) is 2. The molecule has 0 amide bonds. The Labute approximate surface area is 462 Å². The molecule has 0 N–H and O–H groups in total. The molecule has 0 radical (unpaired) electrons. The summed E-state index contributed by atoms with van der Waals surface area (Å²) in [4.78, 5) is 5.45. The third-order valence-electron chi connectivity index (χ3n) is 16.5. The van der Waals surface area contributed by atoms with Crippen LogP contribution < -0.4 is 26.2 Å². The number of hydrogen-bond donors (Lipinski definition) is 0. The van der Waals surface area contributed by atoms with Crippen LogP contribution >= 0.6 is 0 Å². The van der Waals surface area contributed by atoms with Crippen LogP contribution in [0.1, 0.15) is 129 Å². The Hall–Kier alpha value is -7.36. The average Bonchev–Trinajstić information content (AvgIpc) is 3.61. The van der Waals surface area contributed by atoms with Crippen molar-refractivity contribution in [2.75, 3.05) is 9.80 Å². The molecular weight excluding hydrogens is 928 g/mol. The van der Waals surface area contributed by atoms with Gasteiger partial charge in [-0.1, -0.05) is 227 Å². The highest BCUT2D eigenvalue weighted by atomic mass is 15.2. The van der Waals surface area contributed by atoms with E-state index in [4.69, 9.17) is 0 Å². The van der Waals surface area contributed by atoms with Crippen molar-refractivity contribution in [2.24, 2.45) is 0 Å². The van der Waals surface area contributed by atoms with Crippen LogP contribution in [0.3, 0.4) is 0 Å². The maximum atomic E-state index is 2.73. The van der Waals surface area contributed by atoms with Crippen molar-refractivity contribution in [3.05, 3.63) is 222 Å². The van der Waals surface area contributed by atoms with Crippen LogP contribution in [0.5, 0.6) is 0 Å². The quantitative estimate of drug-likeness (QED) is 0.0945. The number of rotatable bonds is 15. The largest absolute Gasteiger partial charge is 0.310 e. The highest BCUT2D eigenvalue weighted by Crippen LogP contribution is 2.54. The maximum absolute atomic E-state index is 2.73. The molecule has 0 saturated heterocycles. The van der Waals surface area contributed by atoms with Crippen molar-refractivity contribution in [2.45, 2.75) is 131 Å². The second kappa shape index (κ2) is 21.6. The summed E-state index contributed by atoms with van der Waals surface area (Å²) < 4.78 is 0. The summed E-state index contributed by atoms with van der Waals surface area (Å²) in [6.45, 7) is 21.1. The molecule has 0 aromatic heterocycles. The van der Waals surface area contributed by atoms with Gasteiger partial charge in [-0.2, -0.15) is 0 Å². The SMILES string of the molecule is CCCCc1ccc(-c2cc(C(C)(C)C)cc(-c3ccccc3)c2N2c3ccccc3B3c4cc(CCCC)ccc4N(c4c(-c5ccccc5)cc(C(C)(C)C)cc4-c4ccccc4)c4cc(CCCC)cc2c43)cc1. The fraction of sp³-hybridized carbons (Fsp3) is 0.270. The lowest BCUT2D eigenvalue weighted by atomic mass is 9.33. The number of unbranched alkanes of at least 4 members (excludes halogenated alkanes) is 3. The van der Waals surface area contributed by atoms with Gasteiger partial charge in [0.1, 0.15) is 0 Å². The molecule has 0 fully saturated rings. The van der Waals surface area contributed by atoms with E-state index < -0.39 is 0 Å². The van der Waals surface area contributed by atoms with E-state index in [1.165, 1.54) is 136 Å². The van der Waals surface area contributed by atoms with Gasteiger partial charge in [-0.15, -0.1) is 0 Å². The Morgan fingerprint density at radius 3 is 1.16 bits per heavy atom. The Bertz CT molecular complexity index is 3480. The zero-order valence-electron chi connectivity index (χ0n) is 47.3. The van der Waals surface area contributed by atoms with E-state index in [0.717, 1.165) is 44.9 Å². The van der Waals surface area contributed by atoms with Gasteiger partial charge in [-0.05, 0) is 164 Å². The molecule has 11 rings (SSSR count). The van der Waals surface area contributed by atoms with Gasteiger partial charge in [0.25, 0.3) is 6.71 Å². The summed E-state index contributed by atoms with van der Waals surface area (Å²) in [5, 5.41) is 0. The normalized spacial score (nSPS) is 12.9. The fourth-order valence-corrected chi connectivity index (χ4v) is 12.2. The fourth-order valence-electron chi connectivity index (χ4n) is 12.2. The lowest BCUT2D eigenvalue weighted by Crippen LogP contribution is -2.61. The molecule has 386 valence electrons. The Balaban J connectivity index is 1.30. The van der Waals surface area contributed by atoms with Gasteiger partial charge in [0.15, 0.2) is 0 Å². The van der Waals surface area contributed by atoms with Gasteiger partial charge >= 0.3 is 0 Å². The molecule has 0 spiro atoms. The van der Waals surface area contributed by atoms with Gasteiger partial charge in [0, 0.05) is 45.0 Å². The lowest BCUT2D eigenvalue weighted by Gasteiger charge is -2.46. The standard InChI is InChI=1S/C74H77BN2/c1-10-13-27-51-38-41-57(42-39-51)63-50-59(74(7,8)9)49-62(56-34-23-18-24-35-56)72(63)76-66-37-26-25-36-64(66)75-65-44-52(28-14-11-2)40-43-67(65)77(69-46-53(29-15-12-3)45-68(76)70(69)75)71-60(54-30-19-16-20-31-54)47-58(73(4,5)6)48-61(71)55-32-21-17-22-33-55/h16-26,30-50H,10-15,27-29H2,1-9H3. The Morgan fingerprint density at radius 1 is 0.338 bits per heavy atom. The van der Waals surface area contributed by atoms with E-state index in [1.807, 2.05) is 0 Å². The maximum Gasteiger partial charge on any atom is 0.252 e. The van der Waals surface area contributed by atoms with E-state index in [1.54, 1.807) is 0 Å². The van der Waals surface area contributed by atoms with Gasteiger partial charge in [-0.3, -0.25) is 0 Å². The third kappa shape index (κ3) is 10.00. The first kappa shape index (κ1) is 51.7. The number of nitrogens with zero attached hydrogens (tertiary/aromatic N) is 2. The summed E-state index contributed by atoms with van der Waals surface area (Å²) in [5.74, 6) is 0. The van der Waals surface area contributed by atoms with Crippen molar-refractivity contribution in [3.63, 3.8) is 0 Å². The second-order valence-electron chi connectivity index (χ2n) is 24.0. The monoisotopic (exact) mass is 1000 g/mol. The molecule has 0 atom stereocenters. The van der Waals surface area contributed by atoms with E-state index in [-0.39, 0.29) is 17.5 Å². The summed E-state index contributed by atoms with van der Waals surface area (Å²) in [6.07, 6.45) is 10.0. The number of benzene rings is 9. The van der Waals surface area contributed by atoms with Crippen molar-refractivity contribution >= 4 is 57.2 Å². The molecule has 9 aromatic carbocycles. The first-order valence-electron chi connectivity index (χ1n) is 29.0. The summed E-state index contributed by atoms with van der Waals surface area (Å²) in [5.41, 5.74) is 28.0. The van der Waals surface area contributed by atoms with Crippen LogP contribution in [0, 0.1) is 0 Å². The van der Waals surface area contributed by atoms with Crippen molar-refractivity contribution < 1.29 is 0 Å². The Kier molecular flexibility index (Phi) is 14.5. The lowest BCUT2D eigenvalue weighted by molar-refractivity contribution is 0.590. The molecule has 0 unspecified atom stereocenters.